The van der Waals surface area contributed by atoms with Crippen LogP contribution in [0.2, 0.25) is 10.0 Å². The molecule has 0 aliphatic carbocycles. The Labute approximate surface area is 248 Å². The number of amides is 2. The van der Waals surface area contributed by atoms with Crippen LogP contribution in [0.1, 0.15) is 48.2 Å². The third-order valence-electron chi connectivity index (χ3n) is 7.16. The molecule has 0 fully saturated rings. The number of carbonyl (C=O) groups is 1. The Morgan fingerprint density at radius 2 is 1.83 bits per heavy atom. The number of aryl methyl sites for hydroxylation is 1. The highest BCUT2D eigenvalue weighted by Gasteiger charge is 2.41. The minimum absolute atomic E-state index is 0.00219. The normalized spacial score (nSPS) is 14.8. The van der Waals surface area contributed by atoms with E-state index in [1.54, 1.807) is 31.4 Å². The highest BCUT2D eigenvalue weighted by Crippen LogP contribution is 2.46. The van der Waals surface area contributed by atoms with Gasteiger partial charge in [0.1, 0.15) is 16.5 Å². The fourth-order valence-corrected chi connectivity index (χ4v) is 5.78. The lowest BCUT2D eigenvalue weighted by Gasteiger charge is -2.37. The molecule has 0 bridgehead atoms. The summed E-state index contributed by atoms with van der Waals surface area (Å²) in [5.41, 5.74) is 4.31. The van der Waals surface area contributed by atoms with Gasteiger partial charge in [0.05, 0.1) is 31.1 Å². The lowest BCUT2D eigenvalue weighted by Crippen LogP contribution is -2.44. The van der Waals surface area contributed by atoms with Crippen molar-refractivity contribution >= 4 is 40.7 Å². The van der Waals surface area contributed by atoms with Gasteiger partial charge >= 0.3 is 6.03 Å². The average molecular weight is 597 g/mol. The Morgan fingerprint density at radius 3 is 2.51 bits per heavy atom. The lowest BCUT2D eigenvalue weighted by atomic mass is 9.89. The third-order valence-corrected chi connectivity index (χ3v) is 7.67. The first-order valence-corrected chi connectivity index (χ1v) is 13.9. The zero-order valence-corrected chi connectivity index (χ0v) is 25.0. The van der Waals surface area contributed by atoms with Crippen LogP contribution >= 0.6 is 23.2 Å². The Hall–Kier alpha value is -3.79. The second-order valence-electron chi connectivity index (χ2n) is 10.1. The van der Waals surface area contributed by atoms with Gasteiger partial charge in [0, 0.05) is 30.4 Å². The molecule has 2 amide bonds. The van der Waals surface area contributed by atoms with E-state index in [4.69, 9.17) is 37.8 Å². The van der Waals surface area contributed by atoms with Gasteiger partial charge in [-0.15, -0.1) is 5.10 Å². The number of methoxy groups -OCH3 is 2. The smallest absolute Gasteiger partial charge is 0.328 e. The zero-order chi connectivity index (χ0) is 29.4. The number of para-hydroxylation sites is 2. The summed E-state index contributed by atoms with van der Waals surface area (Å²) in [4.78, 5) is 28.4. The number of pyridine rings is 1. The van der Waals surface area contributed by atoms with Crippen LogP contribution in [0.5, 0.6) is 5.75 Å². The highest BCUT2D eigenvalue weighted by atomic mass is 35.5. The summed E-state index contributed by atoms with van der Waals surface area (Å²) in [5.74, 6) is 1.09. The summed E-state index contributed by atoms with van der Waals surface area (Å²) < 4.78 is 14.1. The van der Waals surface area contributed by atoms with Crippen molar-refractivity contribution in [2.45, 2.75) is 39.3 Å². The van der Waals surface area contributed by atoms with E-state index in [0.717, 1.165) is 28.1 Å². The molecule has 1 aliphatic rings. The van der Waals surface area contributed by atoms with Crippen molar-refractivity contribution in [3.8, 4) is 11.4 Å². The number of rotatable bonds is 8. The summed E-state index contributed by atoms with van der Waals surface area (Å²) in [5, 5.41) is 8.47. The van der Waals surface area contributed by atoms with Gasteiger partial charge in [0.2, 0.25) is 0 Å². The zero-order valence-electron chi connectivity index (χ0n) is 23.4. The number of hydrogen-bond acceptors (Lipinski definition) is 5. The predicted molar refractivity (Wildman–Crippen MR) is 161 cm³/mol. The molecule has 41 heavy (non-hydrogen) atoms. The number of carbonyl (C=O) groups excluding carboxylic acids is 1. The Morgan fingerprint density at radius 1 is 1.07 bits per heavy atom. The quantitative estimate of drug-likeness (QED) is 0.249. The molecule has 11 heteroatoms. The van der Waals surface area contributed by atoms with Crippen molar-refractivity contribution in [3.05, 3.63) is 97.5 Å². The first-order valence-electron chi connectivity index (χ1n) is 13.2. The molecular formula is C30H31Cl2N5O4. The van der Waals surface area contributed by atoms with Crippen LogP contribution in [-0.4, -0.2) is 41.2 Å². The molecule has 0 spiro atoms. The van der Waals surface area contributed by atoms with E-state index in [9.17, 15) is 9.59 Å². The summed E-state index contributed by atoms with van der Waals surface area (Å²) in [6, 6.07) is 13.7. The molecule has 4 aromatic rings. The maximum absolute atomic E-state index is 14.0. The second kappa shape index (κ2) is 11.6. The van der Waals surface area contributed by atoms with E-state index in [0.29, 0.717) is 28.9 Å². The van der Waals surface area contributed by atoms with Gasteiger partial charge in [0.25, 0.3) is 5.56 Å². The maximum Gasteiger partial charge on any atom is 0.328 e. The molecule has 214 valence electrons. The molecule has 3 heterocycles. The topological polar surface area (TPSA) is 90.6 Å². The number of nitrogens with one attached hydrogen (secondary N) is 1. The molecule has 9 nitrogen and oxygen atoms in total. The van der Waals surface area contributed by atoms with E-state index >= 15 is 0 Å². The largest absolute Gasteiger partial charge is 0.494 e. The molecule has 5 rings (SSSR count). The number of aromatic nitrogens is 3. The predicted octanol–water partition coefficient (Wildman–Crippen LogP) is 6.57. The van der Waals surface area contributed by atoms with Crippen molar-refractivity contribution in [3.63, 3.8) is 0 Å². The van der Waals surface area contributed by atoms with Crippen molar-refractivity contribution in [2.24, 2.45) is 0 Å². The van der Waals surface area contributed by atoms with Crippen LogP contribution in [0, 0.1) is 6.92 Å². The van der Waals surface area contributed by atoms with Crippen LogP contribution in [0.4, 0.5) is 16.3 Å². The minimum Gasteiger partial charge on any atom is -0.494 e. The highest BCUT2D eigenvalue weighted by molar-refractivity contribution is 6.31. The molecule has 2 aromatic heterocycles. The fraction of sp³-hybridized carbons (Fsp3) is 0.300. The van der Waals surface area contributed by atoms with E-state index < -0.39 is 12.1 Å². The van der Waals surface area contributed by atoms with Crippen LogP contribution in [0.15, 0.2) is 59.5 Å². The fourth-order valence-electron chi connectivity index (χ4n) is 5.34. The monoisotopic (exact) mass is 595 g/mol. The standard InChI is InChI=1S/C30H31Cl2N5O4/c1-17(2)26-25-27(21-11-10-19(31)14-18(21)3)36(20-15-22(32)29(38)35(16-20)12-13-40-4)30(39)33-28(25)34-37(26)23-8-6-7-9-24(23)41-5/h6-11,14-17,27H,12-13H2,1-5H3,(H,33,34,39). The lowest BCUT2D eigenvalue weighted by molar-refractivity contribution is 0.186. The second-order valence-corrected chi connectivity index (χ2v) is 11.0. The summed E-state index contributed by atoms with van der Waals surface area (Å²) in [6.07, 6.45) is 1.63. The van der Waals surface area contributed by atoms with E-state index in [-0.39, 0.29) is 23.0 Å². The minimum atomic E-state index is -0.610. The number of hydrogen-bond donors (Lipinski definition) is 1. The van der Waals surface area contributed by atoms with Gasteiger partial charge in [-0.1, -0.05) is 55.2 Å². The summed E-state index contributed by atoms with van der Waals surface area (Å²) in [6.45, 7) is 6.70. The molecule has 1 aliphatic heterocycles. The van der Waals surface area contributed by atoms with Crippen LogP contribution < -0.4 is 20.5 Å². The summed E-state index contributed by atoms with van der Waals surface area (Å²) >= 11 is 12.8. The SMILES string of the molecule is COCCn1cc(N2C(=O)Nc3nn(-c4ccccc4OC)c(C(C)C)c3C2c2ccc(Cl)cc2C)cc(Cl)c1=O. The van der Waals surface area contributed by atoms with Crippen LogP contribution in [-0.2, 0) is 11.3 Å². The van der Waals surface area contributed by atoms with Gasteiger partial charge in [-0.05, 0) is 54.3 Å². The molecular weight excluding hydrogens is 565 g/mol. The molecule has 1 unspecified atom stereocenters. The van der Waals surface area contributed by atoms with E-state index in [1.165, 1.54) is 10.6 Å². The van der Waals surface area contributed by atoms with Crippen molar-refractivity contribution in [2.75, 3.05) is 31.0 Å². The number of urea groups is 1. The average Bonchev–Trinajstić information content (AvgIpc) is 3.32. The Balaban J connectivity index is 1.81. The number of halogens is 2. The van der Waals surface area contributed by atoms with Gasteiger partial charge in [-0.2, -0.15) is 0 Å². The summed E-state index contributed by atoms with van der Waals surface area (Å²) in [7, 11) is 3.17. The maximum atomic E-state index is 14.0. The first-order chi connectivity index (χ1) is 19.7. The number of nitrogens with zero attached hydrogens (tertiary/aromatic N) is 4. The Kier molecular flexibility index (Phi) is 8.13. The van der Waals surface area contributed by atoms with Gasteiger partial charge in [0.15, 0.2) is 5.82 Å². The van der Waals surface area contributed by atoms with Crippen LogP contribution in [0.3, 0.4) is 0 Å². The third kappa shape index (κ3) is 5.21. The van der Waals surface area contributed by atoms with Gasteiger partial charge in [-0.25, -0.2) is 9.48 Å². The Bertz CT molecular complexity index is 1680. The number of anilines is 2. The number of benzene rings is 2. The molecule has 2 aromatic carbocycles. The molecule has 0 saturated heterocycles. The van der Waals surface area contributed by atoms with Crippen molar-refractivity contribution in [1.82, 2.24) is 14.3 Å². The van der Waals surface area contributed by atoms with E-state index in [2.05, 4.69) is 19.2 Å². The molecule has 0 saturated carbocycles. The van der Waals surface area contributed by atoms with Gasteiger partial charge < -0.3 is 14.0 Å². The molecule has 0 radical (unpaired) electrons. The molecule has 1 N–H and O–H groups in total. The van der Waals surface area contributed by atoms with E-state index in [1.807, 2.05) is 48.0 Å². The van der Waals surface area contributed by atoms with Crippen LogP contribution in [0.25, 0.3) is 5.69 Å². The number of fused-ring (bicyclic) bond motifs is 1. The van der Waals surface area contributed by atoms with Gasteiger partial charge in [-0.3, -0.25) is 15.0 Å². The van der Waals surface area contributed by atoms with Crippen molar-refractivity contribution < 1.29 is 14.3 Å². The molecule has 1 atom stereocenters. The van der Waals surface area contributed by atoms with Crippen molar-refractivity contribution in [1.29, 1.82) is 0 Å². The first kappa shape index (κ1) is 28.7. The number of ether oxygens (including phenoxy) is 2.